The van der Waals surface area contributed by atoms with E-state index in [1.165, 1.54) is 75.9 Å². The lowest BCUT2D eigenvalue weighted by Crippen LogP contribution is -2.40. The van der Waals surface area contributed by atoms with E-state index in [1.54, 1.807) is 12.2 Å². The van der Waals surface area contributed by atoms with Crippen LogP contribution in [0.3, 0.4) is 0 Å². The Labute approximate surface area is 184 Å². The summed E-state index contributed by atoms with van der Waals surface area (Å²) in [5.41, 5.74) is 0.348. The maximum absolute atomic E-state index is 15.2. The van der Waals surface area contributed by atoms with Crippen molar-refractivity contribution in [3.05, 3.63) is 47.9 Å². The zero-order valence-electron chi connectivity index (χ0n) is 19.5. The van der Waals surface area contributed by atoms with E-state index in [0.717, 1.165) is 25.7 Å². The van der Waals surface area contributed by atoms with Gasteiger partial charge in [-0.2, -0.15) is 0 Å². The molecule has 0 amide bonds. The molecule has 2 aliphatic rings. The van der Waals surface area contributed by atoms with Gasteiger partial charge >= 0.3 is 0 Å². The van der Waals surface area contributed by atoms with Crippen molar-refractivity contribution < 1.29 is 8.78 Å². The molecule has 0 aromatic rings. The molecule has 3 unspecified atom stereocenters. The predicted octanol–water partition coefficient (Wildman–Crippen LogP) is 9.74. The molecule has 0 aromatic heterocycles. The second-order valence-corrected chi connectivity index (χ2v) is 9.36. The molecule has 0 nitrogen and oxygen atoms in total. The van der Waals surface area contributed by atoms with Gasteiger partial charge in [0, 0.05) is 0 Å². The molecular weight excluding hydrogens is 374 g/mol. The van der Waals surface area contributed by atoms with Gasteiger partial charge in [-0.15, -0.1) is 0 Å². The number of allylic oxidation sites excluding steroid dienone is 8. The van der Waals surface area contributed by atoms with Crippen molar-refractivity contribution in [2.24, 2.45) is 11.3 Å². The third-order valence-electron chi connectivity index (χ3n) is 7.06. The maximum Gasteiger partial charge on any atom is 0.131 e. The van der Waals surface area contributed by atoms with Gasteiger partial charge in [-0.05, 0) is 43.8 Å². The quantitative estimate of drug-likeness (QED) is 0.232. The van der Waals surface area contributed by atoms with E-state index in [9.17, 15) is 0 Å². The number of unbranched alkanes of at least 4 members (excludes halogenated alkanes) is 10. The van der Waals surface area contributed by atoms with Crippen molar-refractivity contribution in [1.29, 1.82) is 0 Å². The van der Waals surface area contributed by atoms with Gasteiger partial charge in [0.05, 0.1) is 5.41 Å². The number of hydrogen-bond donors (Lipinski definition) is 0. The molecule has 0 heterocycles. The fourth-order valence-corrected chi connectivity index (χ4v) is 5.06. The van der Waals surface area contributed by atoms with Gasteiger partial charge < -0.3 is 0 Å². The molecule has 0 N–H and O–H groups in total. The summed E-state index contributed by atoms with van der Waals surface area (Å²) in [6, 6.07) is 0. The van der Waals surface area contributed by atoms with Crippen molar-refractivity contribution >= 4 is 0 Å². The second kappa shape index (κ2) is 14.0. The van der Waals surface area contributed by atoms with E-state index in [-0.39, 0.29) is 11.7 Å². The number of hydrogen-bond acceptors (Lipinski definition) is 0. The fourth-order valence-electron chi connectivity index (χ4n) is 5.06. The largest absolute Gasteiger partial charge is 0.242 e. The van der Waals surface area contributed by atoms with Crippen LogP contribution in [0.5, 0.6) is 0 Å². The monoisotopic (exact) mass is 418 g/mol. The summed E-state index contributed by atoms with van der Waals surface area (Å²) in [4.78, 5) is 0. The number of rotatable bonds is 15. The molecule has 3 atom stereocenters. The summed E-state index contributed by atoms with van der Waals surface area (Å²) in [5.74, 6) is -0.342. The minimum atomic E-state index is -1.23. The highest BCUT2D eigenvalue weighted by Gasteiger charge is 2.48. The fraction of sp³-hybridized carbons (Fsp3) is 0.714. The van der Waals surface area contributed by atoms with E-state index in [0.29, 0.717) is 6.42 Å². The third kappa shape index (κ3) is 7.20. The topological polar surface area (TPSA) is 0 Å². The van der Waals surface area contributed by atoms with Crippen LogP contribution in [0.4, 0.5) is 8.78 Å². The normalized spacial score (nSPS) is 26.0. The molecule has 0 aliphatic heterocycles. The predicted molar refractivity (Wildman–Crippen MR) is 127 cm³/mol. The van der Waals surface area contributed by atoms with Crippen LogP contribution in [0.2, 0.25) is 0 Å². The molecule has 0 saturated heterocycles. The zero-order valence-corrected chi connectivity index (χ0v) is 19.5. The lowest BCUT2D eigenvalue weighted by molar-refractivity contribution is 0.0860. The lowest BCUT2D eigenvalue weighted by Gasteiger charge is -2.42. The Morgan fingerprint density at radius 2 is 1.50 bits per heavy atom. The highest BCUT2D eigenvalue weighted by atomic mass is 19.1. The minimum Gasteiger partial charge on any atom is -0.242 e. The Morgan fingerprint density at radius 3 is 2.10 bits per heavy atom. The van der Waals surface area contributed by atoms with Crippen LogP contribution in [0, 0.1) is 11.3 Å². The average molecular weight is 419 g/mol. The molecule has 0 aromatic carbocycles. The zero-order chi connectivity index (χ0) is 21.7. The van der Waals surface area contributed by atoms with Gasteiger partial charge in [0.2, 0.25) is 0 Å². The molecule has 2 rings (SSSR count). The Kier molecular flexibility index (Phi) is 11.7. The highest BCUT2D eigenvalue weighted by Crippen LogP contribution is 2.51. The summed E-state index contributed by atoms with van der Waals surface area (Å²) in [7, 11) is 0. The maximum atomic E-state index is 15.2. The lowest BCUT2D eigenvalue weighted by atomic mass is 9.63. The molecule has 0 fully saturated rings. The average Bonchev–Trinajstić information content (AvgIpc) is 2.75. The summed E-state index contributed by atoms with van der Waals surface area (Å²) in [6.45, 7) is 4.45. The van der Waals surface area contributed by atoms with Crippen LogP contribution in [-0.2, 0) is 0 Å². The van der Waals surface area contributed by atoms with Crippen LogP contribution >= 0.6 is 0 Å². The molecule has 170 valence electrons. The van der Waals surface area contributed by atoms with E-state index in [1.807, 2.05) is 0 Å². The molecule has 30 heavy (non-hydrogen) atoms. The Bertz CT molecular complexity index is 598. The summed E-state index contributed by atoms with van der Waals surface area (Å²) < 4.78 is 30.3. The molecule has 2 heteroatoms. The summed E-state index contributed by atoms with van der Waals surface area (Å²) >= 11 is 0. The van der Waals surface area contributed by atoms with E-state index >= 15 is 8.78 Å². The van der Waals surface area contributed by atoms with Gasteiger partial charge in [0.15, 0.2) is 0 Å². The van der Waals surface area contributed by atoms with Crippen LogP contribution in [0.25, 0.3) is 0 Å². The van der Waals surface area contributed by atoms with Gasteiger partial charge in [0.25, 0.3) is 0 Å². The standard InChI is InChI=1S/C28H44F2/c1-3-5-7-9-11-13-16-24-19-21-25(22-20-24)28(23-14-12-10-8-6-4-2)26(29)17-15-18-27(28)30/h15,17-21,25-26H,3-14,16,22-23H2,1-2H3. The molecule has 2 aliphatic carbocycles. The molecule has 0 saturated carbocycles. The SMILES string of the molecule is CCCCCCCCC1=CCC(C2(CCCCCCCC)C(F)=CC=CC2F)C=C1. The van der Waals surface area contributed by atoms with Crippen LogP contribution < -0.4 is 0 Å². The number of alkyl halides is 1. The first-order valence-electron chi connectivity index (χ1n) is 12.7. The Morgan fingerprint density at radius 1 is 0.867 bits per heavy atom. The second-order valence-electron chi connectivity index (χ2n) is 9.36. The molecule has 0 spiro atoms. The molecular formula is C28H44F2. The van der Waals surface area contributed by atoms with Crippen LogP contribution in [-0.4, -0.2) is 6.17 Å². The number of halogens is 2. The third-order valence-corrected chi connectivity index (χ3v) is 7.06. The molecule has 0 bridgehead atoms. The Hall–Kier alpha value is -1.18. The van der Waals surface area contributed by atoms with Crippen molar-refractivity contribution in [2.45, 2.75) is 116 Å². The first-order valence-corrected chi connectivity index (χ1v) is 12.7. The van der Waals surface area contributed by atoms with Crippen molar-refractivity contribution in [2.75, 3.05) is 0 Å². The van der Waals surface area contributed by atoms with Crippen molar-refractivity contribution in [3.8, 4) is 0 Å². The van der Waals surface area contributed by atoms with Crippen molar-refractivity contribution in [3.63, 3.8) is 0 Å². The summed E-state index contributed by atoms with van der Waals surface area (Å²) in [6.07, 6.45) is 27.0. The van der Waals surface area contributed by atoms with Crippen molar-refractivity contribution in [1.82, 2.24) is 0 Å². The smallest absolute Gasteiger partial charge is 0.131 e. The van der Waals surface area contributed by atoms with Crippen LogP contribution in [0.1, 0.15) is 110 Å². The van der Waals surface area contributed by atoms with Gasteiger partial charge in [0.1, 0.15) is 12.0 Å². The van der Waals surface area contributed by atoms with Gasteiger partial charge in [-0.3, -0.25) is 0 Å². The molecule has 0 radical (unpaired) electrons. The highest BCUT2D eigenvalue weighted by molar-refractivity contribution is 5.33. The van der Waals surface area contributed by atoms with Crippen LogP contribution in [0.15, 0.2) is 47.9 Å². The Balaban J connectivity index is 1.90. The van der Waals surface area contributed by atoms with E-state index in [4.69, 9.17) is 0 Å². The van der Waals surface area contributed by atoms with Gasteiger partial charge in [-0.1, -0.05) is 114 Å². The van der Waals surface area contributed by atoms with E-state index in [2.05, 4.69) is 32.1 Å². The van der Waals surface area contributed by atoms with E-state index < -0.39 is 11.6 Å². The first-order chi connectivity index (χ1) is 14.6. The van der Waals surface area contributed by atoms with Gasteiger partial charge in [-0.25, -0.2) is 8.78 Å². The first kappa shape index (κ1) is 25.1. The summed E-state index contributed by atoms with van der Waals surface area (Å²) in [5, 5.41) is 0. The minimum absolute atomic E-state index is 0.0855.